The van der Waals surface area contributed by atoms with Gasteiger partial charge in [0, 0.05) is 11.5 Å². The number of hydrogen-bond acceptors (Lipinski definition) is 5. The van der Waals surface area contributed by atoms with Crippen LogP contribution in [0.1, 0.15) is 11.1 Å². The second-order valence-electron chi connectivity index (χ2n) is 4.28. The summed E-state index contributed by atoms with van der Waals surface area (Å²) < 4.78 is 0. The minimum Gasteiger partial charge on any atom is -0.266 e. The van der Waals surface area contributed by atoms with Crippen molar-refractivity contribution in [1.82, 2.24) is 5.64 Å². The van der Waals surface area contributed by atoms with E-state index in [9.17, 15) is 0 Å². The van der Waals surface area contributed by atoms with Crippen LogP contribution in [0.3, 0.4) is 0 Å². The summed E-state index contributed by atoms with van der Waals surface area (Å²) in [4.78, 5) is 10.4. The van der Waals surface area contributed by atoms with Gasteiger partial charge in [0.05, 0.1) is 0 Å². The van der Waals surface area contributed by atoms with E-state index in [2.05, 4.69) is 29.9 Å². The minimum atomic E-state index is 0.554. The Balaban J connectivity index is 1.40. The summed E-state index contributed by atoms with van der Waals surface area (Å²) in [6.45, 7) is 0. The van der Waals surface area contributed by atoms with E-state index in [1.54, 1.807) is 23.5 Å². The number of benzene rings is 2. The van der Waals surface area contributed by atoms with E-state index in [-0.39, 0.29) is 0 Å². The molecule has 0 amide bonds. The largest absolute Gasteiger partial charge is 0.266 e. The number of hydrogen-bond donors (Lipinski definition) is 1. The molecule has 0 saturated carbocycles. The first kappa shape index (κ1) is 16.4. The third-order valence-corrected chi connectivity index (χ3v) is 4.27. The SMILES string of the molecule is c1ccc(CSCONOCSCc2ccccc2)cc1. The normalized spacial score (nSPS) is 10.7. The van der Waals surface area contributed by atoms with Crippen LogP contribution in [-0.2, 0) is 21.2 Å². The van der Waals surface area contributed by atoms with E-state index in [0.29, 0.717) is 11.9 Å². The first-order valence-electron chi connectivity index (χ1n) is 6.67. The lowest BCUT2D eigenvalue weighted by Crippen LogP contribution is -2.14. The van der Waals surface area contributed by atoms with Crippen LogP contribution in [0.15, 0.2) is 60.7 Å². The van der Waals surface area contributed by atoms with E-state index in [0.717, 1.165) is 11.5 Å². The molecule has 5 heteroatoms. The van der Waals surface area contributed by atoms with Gasteiger partial charge >= 0.3 is 0 Å². The highest BCUT2D eigenvalue weighted by Gasteiger charge is 1.94. The third-order valence-electron chi connectivity index (χ3n) is 2.63. The van der Waals surface area contributed by atoms with Gasteiger partial charge in [0.1, 0.15) is 11.9 Å². The van der Waals surface area contributed by atoms with Crippen molar-refractivity contribution in [3.63, 3.8) is 0 Å². The van der Waals surface area contributed by atoms with Crippen molar-refractivity contribution >= 4 is 23.5 Å². The molecule has 0 aromatic heterocycles. The molecule has 21 heavy (non-hydrogen) atoms. The van der Waals surface area contributed by atoms with Crippen molar-refractivity contribution in [3.05, 3.63) is 71.8 Å². The average molecular weight is 321 g/mol. The summed E-state index contributed by atoms with van der Waals surface area (Å²) in [5.41, 5.74) is 5.11. The van der Waals surface area contributed by atoms with E-state index in [4.69, 9.17) is 9.68 Å². The molecule has 0 aliphatic heterocycles. The highest BCUT2D eigenvalue weighted by atomic mass is 32.2. The Labute approximate surface area is 134 Å². The summed E-state index contributed by atoms with van der Waals surface area (Å²) in [6.07, 6.45) is 0. The Morgan fingerprint density at radius 2 is 1.10 bits per heavy atom. The molecule has 0 fully saturated rings. The molecular weight excluding hydrogens is 302 g/mol. The predicted octanol–water partition coefficient (Wildman–Crippen LogP) is 4.22. The quantitative estimate of drug-likeness (QED) is 0.402. The molecule has 0 aliphatic rings. The summed E-state index contributed by atoms with van der Waals surface area (Å²) in [5.74, 6) is 2.98. The molecule has 0 bridgehead atoms. The van der Waals surface area contributed by atoms with Gasteiger partial charge in [0.25, 0.3) is 0 Å². The first-order valence-corrected chi connectivity index (χ1v) is 8.98. The van der Waals surface area contributed by atoms with Crippen LogP contribution in [0.5, 0.6) is 0 Å². The van der Waals surface area contributed by atoms with Crippen LogP contribution >= 0.6 is 23.5 Å². The molecule has 2 rings (SSSR count). The first-order chi connectivity index (χ1) is 10.4. The molecule has 0 heterocycles. The van der Waals surface area contributed by atoms with Gasteiger partial charge in [-0.2, -0.15) is 0 Å². The maximum atomic E-state index is 5.19. The molecule has 1 N–H and O–H groups in total. The third kappa shape index (κ3) is 7.55. The van der Waals surface area contributed by atoms with Crippen LogP contribution in [-0.4, -0.2) is 11.9 Å². The molecule has 3 nitrogen and oxygen atoms in total. The van der Waals surface area contributed by atoms with Gasteiger partial charge in [-0.25, -0.2) is 0 Å². The topological polar surface area (TPSA) is 30.5 Å². The number of thioether (sulfide) groups is 2. The van der Waals surface area contributed by atoms with Crippen molar-refractivity contribution in [2.24, 2.45) is 0 Å². The molecule has 0 atom stereocenters. The second-order valence-corrected chi connectivity index (χ2v) is 6.14. The van der Waals surface area contributed by atoms with E-state index < -0.39 is 0 Å². The maximum Gasteiger partial charge on any atom is 0.117 e. The Kier molecular flexibility index (Phi) is 8.36. The molecule has 2 aromatic carbocycles. The number of rotatable bonds is 10. The van der Waals surface area contributed by atoms with Gasteiger partial charge in [-0.3, -0.25) is 9.68 Å². The van der Waals surface area contributed by atoms with Gasteiger partial charge in [0.15, 0.2) is 0 Å². The minimum absolute atomic E-state index is 0.554. The molecular formula is C16H19NO2S2. The van der Waals surface area contributed by atoms with Crippen LogP contribution in [0.2, 0.25) is 0 Å². The van der Waals surface area contributed by atoms with Gasteiger partial charge in [-0.15, -0.1) is 23.5 Å². The summed E-state index contributed by atoms with van der Waals surface area (Å²) in [6, 6.07) is 20.7. The van der Waals surface area contributed by atoms with Crippen LogP contribution in [0.4, 0.5) is 0 Å². The van der Waals surface area contributed by atoms with Crippen molar-refractivity contribution in [3.8, 4) is 0 Å². The molecule has 2 aromatic rings. The Morgan fingerprint density at radius 1 is 0.667 bits per heavy atom. The summed E-state index contributed by atoms with van der Waals surface area (Å²) in [7, 11) is 0. The predicted molar refractivity (Wildman–Crippen MR) is 90.5 cm³/mol. The zero-order chi connectivity index (χ0) is 14.6. The highest BCUT2D eigenvalue weighted by molar-refractivity contribution is 7.98. The van der Waals surface area contributed by atoms with Crippen LogP contribution < -0.4 is 5.64 Å². The summed E-state index contributed by atoms with van der Waals surface area (Å²) >= 11 is 3.39. The lowest BCUT2D eigenvalue weighted by Gasteiger charge is -2.06. The molecule has 0 radical (unpaired) electrons. The highest BCUT2D eigenvalue weighted by Crippen LogP contribution is 2.12. The van der Waals surface area contributed by atoms with E-state index in [1.807, 2.05) is 36.4 Å². The maximum absolute atomic E-state index is 5.19. The fourth-order valence-corrected chi connectivity index (χ4v) is 2.93. The lowest BCUT2D eigenvalue weighted by molar-refractivity contribution is -0.141. The Morgan fingerprint density at radius 3 is 1.52 bits per heavy atom. The molecule has 0 aliphatic carbocycles. The van der Waals surface area contributed by atoms with Gasteiger partial charge < -0.3 is 0 Å². The fraction of sp³-hybridized carbons (Fsp3) is 0.250. The standard InChI is InChI=1S/C16H19NO2S2/c1-3-7-15(8-4-1)11-20-13-18-17-19-14-21-12-16-9-5-2-6-10-16/h1-10,17H,11-14H2. The summed E-state index contributed by atoms with van der Waals surface area (Å²) in [5, 5.41) is 0. The molecule has 0 spiro atoms. The Bertz CT molecular complexity index is 437. The van der Waals surface area contributed by atoms with E-state index >= 15 is 0 Å². The van der Waals surface area contributed by atoms with Crippen molar-refractivity contribution in [2.75, 3.05) is 11.9 Å². The smallest absolute Gasteiger partial charge is 0.117 e. The average Bonchev–Trinajstić information content (AvgIpc) is 2.55. The van der Waals surface area contributed by atoms with Gasteiger partial charge in [-0.1, -0.05) is 66.3 Å². The second kappa shape index (κ2) is 10.7. The zero-order valence-corrected chi connectivity index (χ0v) is 13.4. The van der Waals surface area contributed by atoms with Crippen molar-refractivity contribution in [1.29, 1.82) is 0 Å². The van der Waals surface area contributed by atoms with E-state index in [1.165, 1.54) is 11.1 Å². The zero-order valence-electron chi connectivity index (χ0n) is 11.7. The molecule has 0 saturated heterocycles. The van der Waals surface area contributed by atoms with Crippen molar-refractivity contribution < 1.29 is 9.68 Å². The molecule has 112 valence electrons. The number of nitrogens with one attached hydrogen (secondary N) is 1. The monoisotopic (exact) mass is 321 g/mol. The van der Waals surface area contributed by atoms with Crippen LogP contribution in [0.25, 0.3) is 0 Å². The van der Waals surface area contributed by atoms with Gasteiger partial charge in [-0.05, 0) is 11.1 Å². The molecule has 0 unspecified atom stereocenters. The lowest BCUT2D eigenvalue weighted by atomic mass is 10.2. The fourth-order valence-electron chi connectivity index (χ4n) is 1.64. The van der Waals surface area contributed by atoms with Gasteiger partial charge in [0.2, 0.25) is 0 Å². The Hall–Kier alpha value is -0.980. The van der Waals surface area contributed by atoms with Crippen LogP contribution in [0, 0.1) is 0 Å². The van der Waals surface area contributed by atoms with Crippen molar-refractivity contribution in [2.45, 2.75) is 11.5 Å².